The van der Waals surface area contributed by atoms with Gasteiger partial charge in [-0.3, -0.25) is 4.79 Å². The number of ether oxygens (including phenoxy) is 3. The molecule has 2 aromatic carbocycles. The van der Waals surface area contributed by atoms with Crippen LogP contribution < -0.4 is 10.5 Å². The van der Waals surface area contributed by atoms with Crippen LogP contribution in [0.3, 0.4) is 0 Å². The largest absolute Gasteiger partial charge is 0.490 e. The molecule has 0 radical (unpaired) electrons. The zero-order valence-electron chi connectivity index (χ0n) is 20.2. The predicted octanol–water partition coefficient (Wildman–Crippen LogP) is 4.72. The standard InChI is InChI=1S/C25H30Cl2N2O6/c1-25(2,3)35-23(30)20(28)10-11-33-22-18(26)12-17(13-19(22)27)14-21(24(31)32-4)29-34-15-16-8-6-5-7-9-16/h5-9,12-13,20H,10-11,14-15,28H2,1-4H3. The lowest BCUT2D eigenvalue weighted by Gasteiger charge is -2.22. The highest BCUT2D eigenvalue weighted by molar-refractivity contribution is 6.38. The molecule has 0 saturated heterocycles. The van der Waals surface area contributed by atoms with Gasteiger partial charge >= 0.3 is 11.9 Å². The molecule has 1 atom stereocenters. The second kappa shape index (κ2) is 13.3. The summed E-state index contributed by atoms with van der Waals surface area (Å²) in [6.45, 7) is 5.59. The van der Waals surface area contributed by atoms with Gasteiger partial charge in [0, 0.05) is 12.8 Å². The topological polar surface area (TPSA) is 109 Å². The Morgan fingerprint density at radius 2 is 1.69 bits per heavy atom. The van der Waals surface area contributed by atoms with Crippen LogP contribution in [0.4, 0.5) is 0 Å². The van der Waals surface area contributed by atoms with Gasteiger partial charge in [-0.15, -0.1) is 0 Å². The molecule has 2 aromatic rings. The molecule has 10 heteroatoms. The minimum Gasteiger partial charge on any atom is -0.490 e. The van der Waals surface area contributed by atoms with Crippen molar-refractivity contribution in [3.8, 4) is 5.75 Å². The zero-order valence-corrected chi connectivity index (χ0v) is 21.7. The Bertz CT molecular complexity index is 1010. The molecule has 1 unspecified atom stereocenters. The van der Waals surface area contributed by atoms with E-state index in [-0.39, 0.29) is 47.6 Å². The molecule has 0 heterocycles. The van der Waals surface area contributed by atoms with Gasteiger partial charge in [-0.25, -0.2) is 4.79 Å². The Morgan fingerprint density at radius 1 is 1.06 bits per heavy atom. The average Bonchev–Trinajstić information content (AvgIpc) is 2.79. The van der Waals surface area contributed by atoms with Gasteiger partial charge < -0.3 is 24.8 Å². The minimum atomic E-state index is -0.847. The molecule has 0 saturated carbocycles. The van der Waals surface area contributed by atoms with Crippen molar-refractivity contribution in [2.75, 3.05) is 13.7 Å². The number of nitrogens with two attached hydrogens (primary N) is 1. The lowest BCUT2D eigenvalue weighted by atomic mass is 10.1. The van der Waals surface area contributed by atoms with Crippen molar-refractivity contribution >= 4 is 40.9 Å². The Morgan fingerprint density at radius 3 is 2.26 bits per heavy atom. The number of carbonyl (C=O) groups excluding carboxylic acids is 2. The molecule has 0 spiro atoms. The quantitative estimate of drug-likeness (QED) is 0.257. The van der Waals surface area contributed by atoms with Crippen LogP contribution in [0.2, 0.25) is 10.0 Å². The Kier molecular flexibility index (Phi) is 10.8. The first-order chi connectivity index (χ1) is 16.5. The maximum atomic E-state index is 12.2. The molecule has 0 bridgehead atoms. The fraction of sp³-hybridized carbons (Fsp3) is 0.400. The van der Waals surface area contributed by atoms with Gasteiger partial charge in [0.15, 0.2) is 11.5 Å². The van der Waals surface area contributed by atoms with E-state index in [0.717, 1.165) is 5.56 Å². The molecular weight excluding hydrogens is 495 g/mol. The third kappa shape index (κ3) is 9.76. The van der Waals surface area contributed by atoms with Crippen LogP contribution in [-0.2, 0) is 36.9 Å². The lowest BCUT2D eigenvalue weighted by molar-refractivity contribution is -0.156. The normalized spacial score (nSPS) is 12.6. The fourth-order valence-electron chi connectivity index (χ4n) is 2.85. The number of halogens is 2. The number of oxime groups is 1. The fourth-order valence-corrected chi connectivity index (χ4v) is 3.49. The maximum Gasteiger partial charge on any atom is 0.356 e. The molecular formula is C25H30Cl2N2O6. The van der Waals surface area contributed by atoms with E-state index in [1.807, 2.05) is 30.3 Å². The third-order valence-corrected chi connectivity index (χ3v) is 5.05. The third-order valence-electron chi connectivity index (χ3n) is 4.48. The van der Waals surface area contributed by atoms with Crippen molar-refractivity contribution in [3.63, 3.8) is 0 Å². The molecule has 0 aromatic heterocycles. The summed E-state index contributed by atoms with van der Waals surface area (Å²) in [5, 5.41) is 4.40. The van der Waals surface area contributed by atoms with E-state index >= 15 is 0 Å². The molecule has 0 amide bonds. The van der Waals surface area contributed by atoms with E-state index in [9.17, 15) is 9.59 Å². The van der Waals surface area contributed by atoms with Crippen molar-refractivity contribution in [2.45, 2.75) is 51.9 Å². The molecule has 35 heavy (non-hydrogen) atoms. The Balaban J connectivity index is 2.02. The Labute approximate surface area is 215 Å². The van der Waals surface area contributed by atoms with E-state index in [1.54, 1.807) is 32.9 Å². The number of benzene rings is 2. The van der Waals surface area contributed by atoms with Crippen molar-refractivity contribution in [3.05, 3.63) is 63.6 Å². The number of hydrogen-bond donors (Lipinski definition) is 1. The predicted molar refractivity (Wildman–Crippen MR) is 135 cm³/mol. The summed E-state index contributed by atoms with van der Waals surface area (Å²) >= 11 is 12.7. The minimum absolute atomic E-state index is 0.0487. The van der Waals surface area contributed by atoms with Gasteiger partial charge in [0.2, 0.25) is 0 Å². The molecule has 2 rings (SSSR count). The molecule has 0 aliphatic heterocycles. The Hall–Kier alpha value is -2.81. The van der Waals surface area contributed by atoms with E-state index in [2.05, 4.69) is 5.16 Å². The second-order valence-corrected chi connectivity index (χ2v) is 9.45. The molecule has 190 valence electrons. The van der Waals surface area contributed by atoms with E-state index < -0.39 is 23.6 Å². The van der Waals surface area contributed by atoms with Crippen LogP contribution in [-0.4, -0.2) is 43.0 Å². The highest BCUT2D eigenvalue weighted by atomic mass is 35.5. The number of esters is 2. The summed E-state index contributed by atoms with van der Waals surface area (Å²) in [5.41, 5.74) is 6.80. The number of nitrogens with zero attached hydrogens (tertiary/aromatic N) is 1. The first-order valence-electron chi connectivity index (χ1n) is 10.9. The van der Waals surface area contributed by atoms with Gasteiger partial charge in [-0.1, -0.05) is 58.7 Å². The van der Waals surface area contributed by atoms with Gasteiger partial charge in [-0.05, 0) is 44.0 Å². The van der Waals surface area contributed by atoms with Crippen molar-refractivity contribution in [2.24, 2.45) is 10.9 Å². The summed E-state index contributed by atoms with van der Waals surface area (Å²) in [7, 11) is 1.26. The molecule has 8 nitrogen and oxygen atoms in total. The van der Waals surface area contributed by atoms with E-state index in [0.29, 0.717) is 5.56 Å². The van der Waals surface area contributed by atoms with Crippen LogP contribution >= 0.6 is 23.2 Å². The number of rotatable bonds is 11. The van der Waals surface area contributed by atoms with Crippen LogP contribution in [0.25, 0.3) is 0 Å². The molecule has 0 aliphatic carbocycles. The van der Waals surface area contributed by atoms with Crippen LogP contribution in [0.5, 0.6) is 5.75 Å². The van der Waals surface area contributed by atoms with Gasteiger partial charge in [0.05, 0.1) is 23.8 Å². The summed E-state index contributed by atoms with van der Waals surface area (Å²) in [4.78, 5) is 29.5. The summed E-state index contributed by atoms with van der Waals surface area (Å²) in [6, 6.07) is 11.8. The van der Waals surface area contributed by atoms with Gasteiger partial charge in [-0.2, -0.15) is 0 Å². The summed E-state index contributed by atoms with van der Waals surface area (Å²) in [6.07, 6.45) is 0.284. The average molecular weight is 525 g/mol. The first-order valence-corrected chi connectivity index (χ1v) is 11.7. The van der Waals surface area contributed by atoms with Gasteiger partial charge in [0.1, 0.15) is 18.2 Å². The van der Waals surface area contributed by atoms with Crippen LogP contribution in [0.1, 0.15) is 38.3 Å². The van der Waals surface area contributed by atoms with Crippen molar-refractivity contribution in [1.82, 2.24) is 0 Å². The SMILES string of the molecule is COC(=O)C(Cc1cc(Cl)c(OCCC(N)C(=O)OC(C)(C)C)c(Cl)c1)=NOCc1ccccc1. The van der Waals surface area contributed by atoms with Crippen molar-refractivity contribution < 1.29 is 28.6 Å². The van der Waals surface area contributed by atoms with E-state index in [4.69, 9.17) is 48.0 Å². The zero-order chi connectivity index (χ0) is 26.0. The molecule has 0 fully saturated rings. The van der Waals surface area contributed by atoms with Crippen molar-refractivity contribution in [1.29, 1.82) is 0 Å². The highest BCUT2D eigenvalue weighted by Gasteiger charge is 2.22. The lowest BCUT2D eigenvalue weighted by Crippen LogP contribution is -2.38. The highest BCUT2D eigenvalue weighted by Crippen LogP contribution is 2.34. The number of hydrogen-bond acceptors (Lipinski definition) is 8. The first kappa shape index (κ1) is 28.4. The molecule has 0 aliphatic rings. The van der Waals surface area contributed by atoms with Gasteiger partial charge in [0.25, 0.3) is 0 Å². The maximum absolute atomic E-state index is 12.2. The van der Waals surface area contributed by atoms with Crippen LogP contribution in [0.15, 0.2) is 47.6 Å². The summed E-state index contributed by atoms with van der Waals surface area (Å²) in [5.74, 6) is -0.912. The molecule has 2 N–H and O–H groups in total. The summed E-state index contributed by atoms with van der Waals surface area (Å²) < 4.78 is 15.7. The monoisotopic (exact) mass is 524 g/mol. The number of methoxy groups -OCH3 is 1. The second-order valence-electron chi connectivity index (χ2n) is 8.63. The number of carbonyl (C=O) groups is 2. The smallest absolute Gasteiger partial charge is 0.356 e. The van der Waals surface area contributed by atoms with E-state index in [1.165, 1.54) is 7.11 Å². The van der Waals surface area contributed by atoms with Crippen LogP contribution in [0, 0.1) is 0 Å².